The molecule has 2 unspecified atom stereocenters. The second-order valence-electron chi connectivity index (χ2n) is 6.64. The number of pyridine rings is 1. The molecule has 1 aliphatic heterocycles. The quantitative estimate of drug-likeness (QED) is 0.933. The molecule has 1 aromatic heterocycles. The van der Waals surface area contributed by atoms with E-state index in [0.717, 1.165) is 16.7 Å². The lowest BCUT2D eigenvalue weighted by molar-refractivity contribution is -0.0430. The van der Waals surface area contributed by atoms with Gasteiger partial charge < -0.3 is 15.0 Å². The lowest BCUT2D eigenvalue weighted by Gasteiger charge is -2.38. The molecule has 1 fully saturated rings. The summed E-state index contributed by atoms with van der Waals surface area (Å²) < 4.78 is 5.99. The van der Waals surface area contributed by atoms with Gasteiger partial charge in [0, 0.05) is 18.9 Å². The molecule has 2 heterocycles. The van der Waals surface area contributed by atoms with Gasteiger partial charge in [-0.3, -0.25) is 4.98 Å². The Kier molecular flexibility index (Phi) is 5.34. The predicted molar refractivity (Wildman–Crippen MR) is 97.2 cm³/mol. The van der Waals surface area contributed by atoms with E-state index in [-0.39, 0.29) is 18.2 Å². The highest BCUT2D eigenvalue weighted by Crippen LogP contribution is 2.27. The monoisotopic (exact) mass is 339 g/mol. The maximum absolute atomic E-state index is 12.7. The molecular weight excluding hydrogens is 314 g/mol. The molecule has 2 aromatic rings. The molecule has 2 atom stereocenters. The molecule has 0 saturated carbocycles. The molecule has 0 bridgehead atoms. The molecule has 1 aromatic carbocycles. The third kappa shape index (κ3) is 3.99. The molecule has 0 aliphatic carbocycles. The average Bonchev–Trinajstić information content (AvgIpc) is 2.62. The van der Waals surface area contributed by atoms with Gasteiger partial charge in [0.05, 0.1) is 19.2 Å². The van der Waals surface area contributed by atoms with Gasteiger partial charge in [-0.2, -0.15) is 0 Å². The first kappa shape index (κ1) is 17.4. The number of carbonyl (C=O) groups is 1. The number of aryl methyl sites for hydroxylation is 2. The van der Waals surface area contributed by atoms with Crippen LogP contribution in [-0.2, 0) is 11.3 Å². The summed E-state index contributed by atoms with van der Waals surface area (Å²) in [7, 11) is 0. The number of hydrogen-bond donors (Lipinski definition) is 1. The summed E-state index contributed by atoms with van der Waals surface area (Å²) in [5.41, 5.74) is 4.50. The van der Waals surface area contributed by atoms with E-state index in [1.54, 1.807) is 6.20 Å². The van der Waals surface area contributed by atoms with Gasteiger partial charge in [-0.1, -0.05) is 24.3 Å². The van der Waals surface area contributed by atoms with Gasteiger partial charge in [0.15, 0.2) is 0 Å². The van der Waals surface area contributed by atoms with Crippen LogP contribution in [0.2, 0.25) is 0 Å². The fourth-order valence-corrected chi connectivity index (χ4v) is 3.15. The molecule has 1 aliphatic rings. The third-order valence-electron chi connectivity index (χ3n) is 4.80. The van der Waals surface area contributed by atoms with E-state index < -0.39 is 0 Å². The molecular formula is C20H25N3O2. The highest BCUT2D eigenvalue weighted by molar-refractivity contribution is 5.74. The van der Waals surface area contributed by atoms with Crippen LogP contribution in [0.1, 0.15) is 35.3 Å². The van der Waals surface area contributed by atoms with Crippen molar-refractivity contribution in [3.63, 3.8) is 0 Å². The number of ether oxygens (including phenoxy) is 1. The van der Waals surface area contributed by atoms with E-state index in [2.05, 4.69) is 29.4 Å². The Morgan fingerprint density at radius 3 is 2.84 bits per heavy atom. The summed E-state index contributed by atoms with van der Waals surface area (Å²) >= 11 is 0. The smallest absolute Gasteiger partial charge is 0.318 e. The number of nitrogens with one attached hydrogen (secondary N) is 1. The number of benzene rings is 1. The van der Waals surface area contributed by atoms with Crippen LogP contribution < -0.4 is 5.32 Å². The Morgan fingerprint density at radius 2 is 2.08 bits per heavy atom. The maximum atomic E-state index is 12.7. The van der Waals surface area contributed by atoms with Crippen LogP contribution in [0.25, 0.3) is 0 Å². The second kappa shape index (κ2) is 7.66. The highest BCUT2D eigenvalue weighted by Gasteiger charge is 2.31. The number of nitrogens with zero attached hydrogens (tertiary/aromatic N) is 2. The molecule has 5 heteroatoms. The molecule has 25 heavy (non-hydrogen) atoms. The van der Waals surface area contributed by atoms with Crippen molar-refractivity contribution in [1.82, 2.24) is 15.2 Å². The Bertz CT molecular complexity index is 747. The first-order valence-electron chi connectivity index (χ1n) is 8.67. The highest BCUT2D eigenvalue weighted by atomic mass is 16.5. The van der Waals surface area contributed by atoms with E-state index in [0.29, 0.717) is 19.7 Å². The molecule has 0 spiro atoms. The van der Waals surface area contributed by atoms with Gasteiger partial charge >= 0.3 is 6.03 Å². The van der Waals surface area contributed by atoms with E-state index in [4.69, 9.17) is 4.74 Å². The van der Waals surface area contributed by atoms with Gasteiger partial charge in [-0.15, -0.1) is 0 Å². The molecule has 5 nitrogen and oxygen atoms in total. The predicted octanol–water partition coefficient (Wildman–Crippen LogP) is 3.37. The zero-order valence-corrected chi connectivity index (χ0v) is 15.0. The summed E-state index contributed by atoms with van der Waals surface area (Å²) in [4.78, 5) is 18.7. The average molecular weight is 339 g/mol. The summed E-state index contributed by atoms with van der Waals surface area (Å²) in [6.07, 6.45) is 3.48. The van der Waals surface area contributed by atoms with Crippen molar-refractivity contribution in [2.24, 2.45) is 0 Å². The third-order valence-corrected chi connectivity index (χ3v) is 4.80. The summed E-state index contributed by atoms with van der Waals surface area (Å²) in [6.45, 7) is 7.71. The fourth-order valence-electron chi connectivity index (χ4n) is 3.15. The number of urea groups is 1. The normalized spacial score (nSPS) is 20.4. The van der Waals surface area contributed by atoms with Crippen LogP contribution >= 0.6 is 0 Å². The summed E-state index contributed by atoms with van der Waals surface area (Å²) in [5, 5.41) is 3.03. The minimum absolute atomic E-state index is 0.0504. The molecule has 1 N–H and O–H groups in total. The van der Waals surface area contributed by atoms with Gasteiger partial charge in [0.25, 0.3) is 0 Å². The summed E-state index contributed by atoms with van der Waals surface area (Å²) in [6, 6.07) is 10.1. The van der Waals surface area contributed by atoms with E-state index in [1.807, 2.05) is 43.1 Å². The number of aromatic nitrogens is 1. The molecule has 3 rings (SSSR count). The van der Waals surface area contributed by atoms with Gasteiger partial charge in [0.1, 0.15) is 6.10 Å². The van der Waals surface area contributed by atoms with Crippen molar-refractivity contribution in [2.45, 2.75) is 39.5 Å². The topological polar surface area (TPSA) is 54.5 Å². The lowest BCUT2D eigenvalue weighted by Crippen LogP contribution is -2.52. The van der Waals surface area contributed by atoms with E-state index >= 15 is 0 Å². The molecule has 1 saturated heterocycles. The fraction of sp³-hybridized carbons (Fsp3) is 0.400. The SMILES string of the molecule is Cc1cnccc1CNC(=O)N1CC(c2ccccc2C)OCC1C. The van der Waals surface area contributed by atoms with Gasteiger partial charge in [-0.05, 0) is 49.1 Å². The zero-order valence-electron chi connectivity index (χ0n) is 15.0. The molecule has 2 amide bonds. The van der Waals surface area contributed by atoms with Crippen molar-refractivity contribution < 1.29 is 9.53 Å². The van der Waals surface area contributed by atoms with Crippen LogP contribution in [0.3, 0.4) is 0 Å². The molecule has 132 valence electrons. The van der Waals surface area contributed by atoms with E-state index in [1.165, 1.54) is 5.56 Å². The minimum Gasteiger partial charge on any atom is -0.370 e. The standard InChI is InChI=1S/C20H25N3O2/c1-14-6-4-5-7-18(14)19-12-23(16(3)13-25-19)20(24)22-11-17-8-9-21-10-15(17)2/h4-10,16,19H,11-13H2,1-3H3,(H,22,24). The number of carbonyl (C=O) groups excluding carboxylic acids is 1. The van der Waals surface area contributed by atoms with Crippen molar-refractivity contribution in [2.75, 3.05) is 13.2 Å². The van der Waals surface area contributed by atoms with Crippen molar-refractivity contribution >= 4 is 6.03 Å². The largest absolute Gasteiger partial charge is 0.370 e. The minimum atomic E-state index is -0.0780. The second-order valence-corrected chi connectivity index (χ2v) is 6.64. The van der Waals surface area contributed by atoms with Crippen molar-refractivity contribution in [1.29, 1.82) is 0 Å². The zero-order chi connectivity index (χ0) is 17.8. The first-order chi connectivity index (χ1) is 12.1. The number of rotatable bonds is 3. The van der Waals surface area contributed by atoms with Crippen LogP contribution in [0.4, 0.5) is 4.79 Å². The first-order valence-corrected chi connectivity index (χ1v) is 8.67. The Morgan fingerprint density at radius 1 is 1.28 bits per heavy atom. The summed E-state index contributed by atoms with van der Waals surface area (Å²) in [5.74, 6) is 0. The number of hydrogen-bond acceptors (Lipinski definition) is 3. The van der Waals surface area contributed by atoms with E-state index in [9.17, 15) is 4.79 Å². The van der Waals surface area contributed by atoms with Gasteiger partial charge in [-0.25, -0.2) is 4.79 Å². The van der Waals surface area contributed by atoms with Crippen LogP contribution in [0.15, 0.2) is 42.7 Å². The van der Waals surface area contributed by atoms with Crippen LogP contribution in [-0.4, -0.2) is 35.1 Å². The molecule has 0 radical (unpaired) electrons. The number of morpholine rings is 1. The van der Waals surface area contributed by atoms with Gasteiger partial charge in [0.2, 0.25) is 0 Å². The van der Waals surface area contributed by atoms with Crippen LogP contribution in [0, 0.1) is 13.8 Å². The van der Waals surface area contributed by atoms with Crippen molar-refractivity contribution in [3.05, 3.63) is 65.0 Å². The maximum Gasteiger partial charge on any atom is 0.318 e. The lowest BCUT2D eigenvalue weighted by atomic mass is 10.0. The Hall–Kier alpha value is -2.40. The Balaban J connectivity index is 1.66. The Labute approximate surface area is 149 Å². The van der Waals surface area contributed by atoms with Crippen LogP contribution in [0.5, 0.6) is 0 Å². The number of amides is 2. The van der Waals surface area contributed by atoms with Crippen molar-refractivity contribution in [3.8, 4) is 0 Å².